The molecule has 0 spiro atoms. The molecule has 3 rings (SSSR count). The Balaban J connectivity index is 0.00000261. The molecule has 0 unspecified atom stereocenters. The van der Waals surface area contributed by atoms with E-state index >= 15 is 0 Å². The summed E-state index contributed by atoms with van der Waals surface area (Å²) in [6.45, 7) is 0.383. The van der Waals surface area contributed by atoms with Crippen LogP contribution >= 0.6 is 28.3 Å². The number of methoxy groups -OCH3 is 1. The first-order chi connectivity index (χ1) is 12.5. The van der Waals surface area contributed by atoms with Crippen LogP contribution < -0.4 is 10.5 Å². The molecular weight excluding hydrogens is 432 g/mol. The highest BCUT2D eigenvalue weighted by molar-refractivity contribution is 9.10. The van der Waals surface area contributed by atoms with Gasteiger partial charge in [0.1, 0.15) is 18.1 Å². The van der Waals surface area contributed by atoms with Crippen molar-refractivity contribution in [3.63, 3.8) is 0 Å². The zero-order valence-corrected chi connectivity index (χ0v) is 17.5. The van der Waals surface area contributed by atoms with Gasteiger partial charge in [-0.15, -0.1) is 12.4 Å². The Morgan fingerprint density at radius 1 is 1.22 bits per heavy atom. The molecule has 1 atom stereocenters. The molecule has 27 heavy (non-hydrogen) atoms. The van der Waals surface area contributed by atoms with Gasteiger partial charge in [0.05, 0.1) is 12.6 Å². The number of hydrogen-bond acceptors (Lipinski definition) is 4. The molecule has 0 aliphatic rings. The van der Waals surface area contributed by atoms with Crippen molar-refractivity contribution in [1.82, 2.24) is 4.57 Å². The molecule has 0 radical (unpaired) electrons. The van der Waals surface area contributed by atoms with E-state index in [-0.39, 0.29) is 24.4 Å². The molecule has 2 aromatic carbocycles. The summed E-state index contributed by atoms with van der Waals surface area (Å²) in [7, 11) is 3.19. The minimum atomic E-state index is -0.387. The molecule has 0 aliphatic heterocycles. The number of aryl methyl sites for hydroxylation is 1. The number of ether oxygens (including phenoxy) is 2. The van der Waals surface area contributed by atoms with Crippen molar-refractivity contribution < 1.29 is 14.3 Å². The van der Waals surface area contributed by atoms with Gasteiger partial charge in [0.2, 0.25) is 0 Å². The van der Waals surface area contributed by atoms with Gasteiger partial charge in [0.25, 0.3) is 0 Å². The number of halogens is 2. The van der Waals surface area contributed by atoms with E-state index in [1.54, 1.807) is 10.6 Å². The Morgan fingerprint density at radius 2 is 1.93 bits per heavy atom. The second-order valence-corrected chi connectivity index (χ2v) is 7.00. The smallest absolute Gasteiger partial charge is 0.354 e. The van der Waals surface area contributed by atoms with Crippen molar-refractivity contribution in [3.05, 3.63) is 64.3 Å². The number of esters is 1. The molecule has 5 nitrogen and oxygen atoms in total. The van der Waals surface area contributed by atoms with Crippen LogP contribution in [0, 0.1) is 0 Å². The van der Waals surface area contributed by atoms with Gasteiger partial charge in [0, 0.05) is 22.9 Å². The Bertz CT molecular complexity index is 928. The highest BCUT2D eigenvalue weighted by Crippen LogP contribution is 2.34. The first-order valence-corrected chi connectivity index (χ1v) is 9.09. The zero-order valence-electron chi connectivity index (χ0n) is 15.1. The van der Waals surface area contributed by atoms with Crippen LogP contribution in [0.25, 0.3) is 10.9 Å². The molecule has 0 bridgehead atoms. The van der Waals surface area contributed by atoms with Crippen LogP contribution in [-0.4, -0.2) is 30.3 Å². The van der Waals surface area contributed by atoms with Crippen molar-refractivity contribution in [2.24, 2.45) is 12.8 Å². The van der Waals surface area contributed by atoms with E-state index in [0.29, 0.717) is 18.1 Å². The van der Waals surface area contributed by atoms with Crippen LogP contribution in [0.5, 0.6) is 5.75 Å². The van der Waals surface area contributed by atoms with Gasteiger partial charge in [-0.05, 0) is 46.1 Å². The highest BCUT2D eigenvalue weighted by atomic mass is 79.9. The SMILES string of the molecule is COC(=O)c1cc2c(OC[C@@H](N)Cc3ccccc3)ccc(Br)c2n1C.Cl. The lowest BCUT2D eigenvalue weighted by molar-refractivity contribution is 0.0590. The largest absolute Gasteiger partial charge is 0.491 e. The summed E-state index contributed by atoms with van der Waals surface area (Å²) in [5.74, 6) is 0.305. The zero-order chi connectivity index (χ0) is 18.7. The monoisotopic (exact) mass is 452 g/mol. The quantitative estimate of drug-likeness (QED) is 0.571. The van der Waals surface area contributed by atoms with Crippen LogP contribution in [0.3, 0.4) is 0 Å². The van der Waals surface area contributed by atoms with Crippen molar-refractivity contribution in [2.75, 3.05) is 13.7 Å². The van der Waals surface area contributed by atoms with E-state index in [1.807, 2.05) is 37.4 Å². The molecule has 3 aromatic rings. The molecule has 2 N–H and O–H groups in total. The normalized spacial score (nSPS) is 11.7. The molecule has 144 valence electrons. The number of benzene rings is 2. The number of carbonyl (C=O) groups excluding carboxylic acids is 1. The predicted molar refractivity (Wildman–Crippen MR) is 113 cm³/mol. The molecule has 0 fully saturated rings. The number of fused-ring (bicyclic) bond motifs is 1. The van der Waals surface area contributed by atoms with E-state index < -0.39 is 0 Å². The van der Waals surface area contributed by atoms with Gasteiger partial charge < -0.3 is 19.8 Å². The Labute approximate surface area is 173 Å². The molecule has 0 saturated carbocycles. The molecule has 0 aliphatic carbocycles. The number of hydrogen-bond donors (Lipinski definition) is 1. The third kappa shape index (κ3) is 4.64. The second-order valence-electron chi connectivity index (χ2n) is 6.15. The van der Waals surface area contributed by atoms with Crippen LogP contribution in [0.4, 0.5) is 0 Å². The summed E-state index contributed by atoms with van der Waals surface area (Å²) < 4.78 is 13.5. The minimum Gasteiger partial charge on any atom is -0.491 e. The minimum absolute atomic E-state index is 0. The molecular formula is C20H22BrClN2O3. The highest BCUT2D eigenvalue weighted by Gasteiger charge is 2.18. The van der Waals surface area contributed by atoms with Crippen molar-refractivity contribution in [3.8, 4) is 5.75 Å². The van der Waals surface area contributed by atoms with E-state index in [2.05, 4.69) is 28.1 Å². The first-order valence-electron chi connectivity index (χ1n) is 8.29. The predicted octanol–water partition coefficient (Wildman–Crippen LogP) is 4.10. The van der Waals surface area contributed by atoms with Gasteiger partial charge in [-0.25, -0.2) is 4.79 Å². The Hall–Kier alpha value is -2.02. The average Bonchev–Trinajstić information content (AvgIpc) is 3.00. The lowest BCUT2D eigenvalue weighted by Crippen LogP contribution is -2.30. The fourth-order valence-electron chi connectivity index (χ4n) is 3.00. The number of aromatic nitrogens is 1. The van der Waals surface area contributed by atoms with Crippen LogP contribution in [0.2, 0.25) is 0 Å². The number of rotatable bonds is 6. The maximum Gasteiger partial charge on any atom is 0.354 e. The maximum absolute atomic E-state index is 12.0. The third-order valence-electron chi connectivity index (χ3n) is 4.29. The topological polar surface area (TPSA) is 66.5 Å². The van der Waals surface area contributed by atoms with Crippen LogP contribution in [0.15, 0.2) is 53.0 Å². The van der Waals surface area contributed by atoms with Gasteiger partial charge in [-0.1, -0.05) is 30.3 Å². The van der Waals surface area contributed by atoms with Crippen molar-refractivity contribution in [2.45, 2.75) is 12.5 Å². The first kappa shape index (κ1) is 21.3. The Morgan fingerprint density at radius 3 is 2.59 bits per heavy atom. The number of nitrogens with zero attached hydrogens (tertiary/aromatic N) is 1. The van der Waals surface area contributed by atoms with Crippen molar-refractivity contribution >= 4 is 45.2 Å². The summed E-state index contributed by atoms with van der Waals surface area (Å²) in [4.78, 5) is 12.0. The lowest BCUT2D eigenvalue weighted by Gasteiger charge is -2.14. The van der Waals surface area contributed by atoms with Gasteiger partial charge in [-0.3, -0.25) is 0 Å². The van der Waals surface area contributed by atoms with E-state index in [9.17, 15) is 4.79 Å². The van der Waals surface area contributed by atoms with Crippen LogP contribution in [-0.2, 0) is 18.2 Å². The second kappa shape index (κ2) is 9.26. The molecule has 7 heteroatoms. The maximum atomic E-state index is 12.0. The summed E-state index contributed by atoms with van der Waals surface area (Å²) in [6.07, 6.45) is 0.739. The summed E-state index contributed by atoms with van der Waals surface area (Å²) in [6, 6.07) is 15.5. The fourth-order valence-corrected chi connectivity index (χ4v) is 3.61. The third-order valence-corrected chi connectivity index (χ3v) is 4.93. The van der Waals surface area contributed by atoms with Gasteiger partial charge in [-0.2, -0.15) is 0 Å². The number of carbonyl (C=O) groups is 1. The summed E-state index contributed by atoms with van der Waals surface area (Å²) in [5.41, 5.74) is 8.74. The summed E-state index contributed by atoms with van der Waals surface area (Å²) in [5, 5.41) is 0.842. The molecule has 1 aromatic heterocycles. The van der Waals surface area contributed by atoms with Crippen molar-refractivity contribution in [1.29, 1.82) is 0 Å². The molecule has 0 amide bonds. The fraction of sp³-hybridized carbons (Fsp3) is 0.250. The standard InChI is InChI=1S/C20H21BrN2O3.ClH/c1-23-17(20(24)25-2)11-15-18(9-8-16(21)19(15)23)26-12-14(22)10-13-6-4-3-5-7-13;/h3-9,11,14H,10,12,22H2,1-2H3;1H/t14-;/m0./s1. The van der Waals surface area contributed by atoms with E-state index in [0.717, 1.165) is 21.8 Å². The van der Waals surface area contributed by atoms with E-state index in [1.165, 1.54) is 12.7 Å². The summed E-state index contributed by atoms with van der Waals surface area (Å²) >= 11 is 3.54. The molecule has 1 heterocycles. The average molecular weight is 454 g/mol. The van der Waals surface area contributed by atoms with Crippen LogP contribution in [0.1, 0.15) is 16.1 Å². The number of nitrogens with two attached hydrogens (primary N) is 1. The lowest BCUT2D eigenvalue weighted by atomic mass is 10.1. The van der Waals surface area contributed by atoms with E-state index in [4.69, 9.17) is 15.2 Å². The molecule has 0 saturated heterocycles. The van der Waals surface area contributed by atoms with Gasteiger partial charge >= 0.3 is 5.97 Å². The van der Waals surface area contributed by atoms with Gasteiger partial charge in [0.15, 0.2) is 0 Å². The Kier molecular flexibility index (Phi) is 7.30.